The van der Waals surface area contributed by atoms with Crippen LogP contribution in [-0.2, 0) is 37.5 Å². The Bertz CT molecular complexity index is 1540. The molecule has 0 saturated carbocycles. The molecule has 12 nitrogen and oxygen atoms in total. The molecule has 3 N–H and O–H groups in total. The smallest absolute Gasteiger partial charge is 0.254 e. The predicted molar refractivity (Wildman–Crippen MR) is 169 cm³/mol. The van der Waals surface area contributed by atoms with Crippen molar-refractivity contribution in [3.05, 3.63) is 83.2 Å². The third-order valence-electron chi connectivity index (χ3n) is 8.64. The first kappa shape index (κ1) is 32.7. The summed E-state index contributed by atoms with van der Waals surface area (Å²) in [6.45, 7) is 3.75. The predicted octanol–water partition coefficient (Wildman–Crippen LogP) is 2.49. The highest BCUT2D eigenvalue weighted by molar-refractivity contribution is 5.96. The summed E-state index contributed by atoms with van der Waals surface area (Å²) in [5.74, 6) is -1.02. The van der Waals surface area contributed by atoms with Gasteiger partial charge in [-0.05, 0) is 60.9 Å². The lowest BCUT2D eigenvalue weighted by Gasteiger charge is -2.34. The lowest BCUT2D eigenvalue weighted by Crippen LogP contribution is -2.53. The van der Waals surface area contributed by atoms with Crippen LogP contribution in [0.2, 0.25) is 0 Å². The first-order valence-corrected chi connectivity index (χ1v) is 15.7. The molecule has 2 aliphatic heterocycles. The fraction of sp³-hybridized carbons (Fsp3) is 0.441. The number of rotatable bonds is 5. The van der Waals surface area contributed by atoms with E-state index in [9.17, 15) is 19.2 Å². The van der Waals surface area contributed by atoms with E-state index in [1.165, 1.54) is 18.0 Å². The Morgan fingerprint density at radius 2 is 1.91 bits per heavy atom. The molecule has 2 aromatic carbocycles. The molecule has 2 unspecified atom stereocenters. The number of piperidine rings is 1. The maximum Gasteiger partial charge on any atom is 0.254 e. The van der Waals surface area contributed by atoms with Crippen LogP contribution in [0.25, 0.3) is 0 Å². The number of methoxy groups -OCH3 is 1. The Kier molecular flexibility index (Phi) is 10.7. The van der Waals surface area contributed by atoms with Gasteiger partial charge >= 0.3 is 0 Å². The zero-order chi connectivity index (χ0) is 32.6. The van der Waals surface area contributed by atoms with Crippen LogP contribution >= 0.6 is 0 Å². The number of benzene rings is 2. The summed E-state index contributed by atoms with van der Waals surface area (Å²) in [6.07, 6.45) is 4.42. The van der Waals surface area contributed by atoms with Gasteiger partial charge in [0, 0.05) is 45.6 Å². The van der Waals surface area contributed by atoms with Crippen LogP contribution in [0.4, 0.5) is 0 Å². The number of fused-ring (bicyclic) bond motifs is 4. The molecule has 12 heteroatoms. The molecule has 3 heterocycles. The Morgan fingerprint density at radius 1 is 1.11 bits per heavy atom. The van der Waals surface area contributed by atoms with Crippen LogP contribution < -0.4 is 20.7 Å². The van der Waals surface area contributed by atoms with Gasteiger partial charge in [0.2, 0.25) is 17.7 Å². The molecule has 0 radical (unpaired) electrons. The van der Waals surface area contributed by atoms with E-state index < -0.39 is 35.9 Å². The summed E-state index contributed by atoms with van der Waals surface area (Å²) in [4.78, 5) is 56.6. The second-order valence-corrected chi connectivity index (χ2v) is 12.0. The molecular formula is C34H42N6O6. The van der Waals surface area contributed by atoms with Crippen LogP contribution in [0.15, 0.2) is 60.9 Å². The number of aryl methyl sites for hydroxylation is 2. The molecule has 0 aliphatic carbocycles. The first-order chi connectivity index (χ1) is 22.2. The monoisotopic (exact) mass is 630 g/mol. The van der Waals surface area contributed by atoms with E-state index in [1.54, 1.807) is 42.4 Å². The number of amides is 4. The van der Waals surface area contributed by atoms with Gasteiger partial charge in [-0.15, -0.1) is 0 Å². The summed E-state index contributed by atoms with van der Waals surface area (Å²) in [5, 5.41) is 12.7. The van der Waals surface area contributed by atoms with Gasteiger partial charge in [-0.25, -0.2) is 0 Å². The average molecular weight is 631 g/mol. The molecule has 244 valence electrons. The van der Waals surface area contributed by atoms with E-state index in [-0.39, 0.29) is 24.8 Å². The molecule has 1 saturated heterocycles. The van der Waals surface area contributed by atoms with Gasteiger partial charge in [-0.2, -0.15) is 5.10 Å². The van der Waals surface area contributed by atoms with E-state index in [0.29, 0.717) is 36.6 Å². The molecule has 3 aromatic rings. The molecule has 0 spiro atoms. The minimum Gasteiger partial charge on any atom is -0.494 e. The van der Waals surface area contributed by atoms with E-state index >= 15 is 0 Å². The first-order valence-electron chi connectivity index (χ1n) is 15.7. The van der Waals surface area contributed by atoms with Crippen molar-refractivity contribution in [1.29, 1.82) is 0 Å². The lowest BCUT2D eigenvalue weighted by molar-refractivity contribution is -0.140. The minimum absolute atomic E-state index is 0.206. The molecular weight excluding hydrogens is 588 g/mol. The highest BCUT2D eigenvalue weighted by atomic mass is 16.5. The molecule has 5 rings (SSSR count). The fourth-order valence-corrected chi connectivity index (χ4v) is 6.00. The van der Waals surface area contributed by atoms with Crippen LogP contribution in [0.3, 0.4) is 0 Å². The van der Waals surface area contributed by atoms with Crippen LogP contribution in [-0.4, -0.2) is 71.2 Å². The van der Waals surface area contributed by atoms with Crippen molar-refractivity contribution in [3.8, 4) is 5.75 Å². The van der Waals surface area contributed by atoms with Gasteiger partial charge in [0.05, 0.1) is 19.2 Å². The maximum absolute atomic E-state index is 14.0. The highest BCUT2D eigenvalue weighted by Crippen LogP contribution is 2.24. The Balaban J connectivity index is 1.46. The van der Waals surface area contributed by atoms with Crippen molar-refractivity contribution in [2.45, 2.75) is 57.3 Å². The van der Waals surface area contributed by atoms with Gasteiger partial charge < -0.3 is 30.3 Å². The van der Waals surface area contributed by atoms with Crippen LogP contribution in [0, 0.1) is 12.8 Å². The van der Waals surface area contributed by atoms with Gasteiger partial charge in [0.15, 0.2) is 6.10 Å². The van der Waals surface area contributed by atoms with Gasteiger partial charge in [-0.3, -0.25) is 23.9 Å². The second-order valence-electron chi connectivity index (χ2n) is 12.0. The van der Waals surface area contributed by atoms with Crippen LogP contribution in [0.1, 0.15) is 60.1 Å². The summed E-state index contributed by atoms with van der Waals surface area (Å²) in [7, 11) is 3.12. The summed E-state index contributed by atoms with van der Waals surface area (Å²) in [6, 6.07) is 12.3. The normalized spacial score (nSPS) is 22.0. The fourth-order valence-electron chi connectivity index (χ4n) is 6.00. The summed E-state index contributed by atoms with van der Waals surface area (Å²) < 4.78 is 13.1. The van der Waals surface area contributed by atoms with E-state index in [0.717, 1.165) is 30.4 Å². The number of hydrogen-bond donors (Lipinski definition) is 3. The molecule has 1 aromatic heterocycles. The molecule has 4 bridgehead atoms. The third kappa shape index (κ3) is 8.11. The molecule has 2 aliphatic rings. The van der Waals surface area contributed by atoms with Gasteiger partial charge in [0.1, 0.15) is 17.8 Å². The van der Waals surface area contributed by atoms with Crippen LogP contribution in [0.5, 0.6) is 5.75 Å². The zero-order valence-electron chi connectivity index (χ0n) is 26.5. The molecule has 1 fully saturated rings. The van der Waals surface area contributed by atoms with E-state index in [1.807, 2.05) is 31.2 Å². The SMILES string of the molecule is CO[C@@H](C(=O)N[C@H]1CC(=O)N2CCCC(CCOc3ccc(C)c(c3)CNC(=O)C(c3cnn(C)c3)NC1=O)C2)c1ccccc1. The van der Waals surface area contributed by atoms with Crippen molar-refractivity contribution in [1.82, 2.24) is 30.6 Å². The average Bonchev–Trinajstić information content (AvgIpc) is 3.49. The number of carbonyl (C=O) groups excluding carboxylic acids is 4. The number of nitrogens with one attached hydrogen (secondary N) is 3. The minimum atomic E-state index is -1.27. The van der Waals surface area contributed by atoms with Crippen molar-refractivity contribution < 1.29 is 28.7 Å². The Morgan fingerprint density at radius 3 is 2.65 bits per heavy atom. The second kappa shape index (κ2) is 15.0. The maximum atomic E-state index is 14.0. The Labute approximate surface area is 268 Å². The highest BCUT2D eigenvalue weighted by Gasteiger charge is 2.34. The third-order valence-corrected chi connectivity index (χ3v) is 8.64. The quantitative estimate of drug-likeness (QED) is 0.393. The van der Waals surface area contributed by atoms with Crippen molar-refractivity contribution in [3.63, 3.8) is 0 Å². The number of nitrogens with zero attached hydrogens (tertiary/aromatic N) is 3. The number of aromatic nitrogens is 2. The number of hydrogen-bond acceptors (Lipinski definition) is 7. The summed E-state index contributed by atoms with van der Waals surface area (Å²) in [5.41, 5.74) is 2.92. The summed E-state index contributed by atoms with van der Waals surface area (Å²) >= 11 is 0. The lowest BCUT2D eigenvalue weighted by atomic mass is 9.94. The molecule has 4 atom stereocenters. The van der Waals surface area contributed by atoms with Crippen molar-refractivity contribution in [2.24, 2.45) is 13.0 Å². The zero-order valence-corrected chi connectivity index (χ0v) is 26.5. The van der Waals surface area contributed by atoms with Gasteiger partial charge in [-0.1, -0.05) is 36.4 Å². The van der Waals surface area contributed by atoms with Crippen molar-refractivity contribution >= 4 is 23.6 Å². The molecule has 4 amide bonds. The largest absolute Gasteiger partial charge is 0.494 e. The standard InChI is InChI=1S/C34H42N6O6/c1-22-11-12-27-16-25(22)18-35-33(43)30(26-19-36-39(2)21-26)38-32(42)28(37-34(44)31(45-3)24-9-5-4-6-10-24)17-29(41)40-14-7-8-23(20-40)13-15-46-27/h4-6,9-12,16,19,21,23,28,30-31H,7-8,13-15,17-18,20H2,1-3H3,(H,35,43)(H,37,44)(H,38,42)/t23?,28-,30?,31+/m0/s1. The number of ether oxygens (including phenoxy) is 2. The van der Waals surface area contributed by atoms with E-state index in [4.69, 9.17) is 9.47 Å². The molecule has 46 heavy (non-hydrogen) atoms. The van der Waals surface area contributed by atoms with Gasteiger partial charge in [0.25, 0.3) is 5.91 Å². The van der Waals surface area contributed by atoms with E-state index in [2.05, 4.69) is 21.0 Å². The Hall–Kier alpha value is -4.71. The topological polar surface area (TPSA) is 144 Å². The van der Waals surface area contributed by atoms with Crippen molar-refractivity contribution in [2.75, 3.05) is 26.8 Å². The number of carbonyl (C=O) groups is 4.